The van der Waals surface area contributed by atoms with Gasteiger partial charge in [0.05, 0.1) is 23.2 Å². The summed E-state index contributed by atoms with van der Waals surface area (Å²) < 4.78 is 0. The average molecular weight is 385 g/mol. The van der Waals surface area contributed by atoms with Gasteiger partial charge in [-0.2, -0.15) is 5.10 Å². The van der Waals surface area contributed by atoms with Crippen LogP contribution in [0.25, 0.3) is 0 Å². The minimum Gasteiger partial charge on any atom is -0.508 e. The second-order valence-corrected chi connectivity index (χ2v) is 8.10. The molecule has 1 amide bonds. The van der Waals surface area contributed by atoms with Gasteiger partial charge in [-0.25, -0.2) is 5.01 Å². The van der Waals surface area contributed by atoms with Crippen LogP contribution in [0.4, 0.5) is 0 Å². The number of likely N-dealkylation sites (N-methyl/N-ethyl adjacent to an activating group) is 1. The molecule has 2 aromatic rings. The molecule has 1 aromatic carbocycles. The van der Waals surface area contributed by atoms with Crippen LogP contribution in [-0.4, -0.2) is 71.3 Å². The number of benzene rings is 1. The minimum atomic E-state index is -0.172. The summed E-state index contributed by atoms with van der Waals surface area (Å²) in [4.78, 5) is 18.6. The predicted molar refractivity (Wildman–Crippen MR) is 107 cm³/mol. The van der Waals surface area contributed by atoms with E-state index in [0.29, 0.717) is 13.0 Å². The molecule has 6 nitrogen and oxygen atoms in total. The Hall–Kier alpha value is -2.22. The van der Waals surface area contributed by atoms with Crippen LogP contribution in [-0.2, 0) is 4.79 Å². The van der Waals surface area contributed by atoms with E-state index < -0.39 is 0 Å². The Kier molecular flexibility index (Phi) is 5.24. The Bertz CT molecular complexity index is 828. The third-order valence-electron chi connectivity index (χ3n) is 5.18. The van der Waals surface area contributed by atoms with E-state index in [0.717, 1.165) is 42.3 Å². The van der Waals surface area contributed by atoms with Gasteiger partial charge in [0.2, 0.25) is 0 Å². The molecule has 0 saturated carbocycles. The SMILES string of the molecule is CN1CCN(CC(=O)N2N=C(c3cccs3)C[C@H]2c2cccc(O)c2)CC1. The lowest BCUT2D eigenvalue weighted by Crippen LogP contribution is -2.48. The molecule has 27 heavy (non-hydrogen) atoms. The Morgan fingerprint density at radius 1 is 1.22 bits per heavy atom. The maximum atomic E-state index is 13.1. The van der Waals surface area contributed by atoms with Crippen molar-refractivity contribution < 1.29 is 9.90 Å². The number of hydrazone groups is 1. The first-order valence-electron chi connectivity index (χ1n) is 9.23. The number of thiophene rings is 1. The van der Waals surface area contributed by atoms with Crippen molar-refractivity contribution in [2.45, 2.75) is 12.5 Å². The van der Waals surface area contributed by atoms with Crippen LogP contribution in [0.3, 0.4) is 0 Å². The van der Waals surface area contributed by atoms with Crippen LogP contribution < -0.4 is 0 Å². The number of phenols is 1. The Labute approximate surface area is 163 Å². The fourth-order valence-electron chi connectivity index (χ4n) is 3.59. The molecule has 7 heteroatoms. The van der Waals surface area contributed by atoms with E-state index in [2.05, 4.69) is 16.8 Å². The molecule has 0 radical (unpaired) electrons. The van der Waals surface area contributed by atoms with Gasteiger partial charge in [0.15, 0.2) is 0 Å². The van der Waals surface area contributed by atoms with Crippen molar-refractivity contribution in [3.63, 3.8) is 0 Å². The molecule has 1 atom stereocenters. The molecule has 1 aromatic heterocycles. The number of hydrogen-bond donors (Lipinski definition) is 1. The first kappa shape index (κ1) is 18.2. The van der Waals surface area contributed by atoms with Crippen LogP contribution in [0.15, 0.2) is 46.9 Å². The van der Waals surface area contributed by atoms with Crippen molar-refractivity contribution in [2.24, 2.45) is 5.10 Å². The normalized spacial score (nSPS) is 21.4. The number of aromatic hydroxyl groups is 1. The van der Waals surface area contributed by atoms with Gasteiger partial charge in [0.25, 0.3) is 5.91 Å². The first-order chi connectivity index (χ1) is 13.1. The molecule has 0 bridgehead atoms. The quantitative estimate of drug-likeness (QED) is 0.879. The number of phenolic OH excluding ortho intramolecular Hbond substituents is 1. The van der Waals surface area contributed by atoms with Gasteiger partial charge >= 0.3 is 0 Å². The van der Waals surface area contributed by atoms with Gasteiger partial charge in [-0.3, -0.25) is 9.69 Å². The maximum absolute atomic E-state index is 13.1. The summed E-state index contributed by atoms with van der Waals surface area (Å²) in [6, 6.07) is 11.0. The van der Waals surface area contributed by atoms with E-state index in [4.69, 9.17) is 5.10 Å². The maximum Gasteiger partial charge on any atom is 0.257 e. The van der Waals surface area contributed by atoms with Gasteiger partial charge in [0.1, 0.15) is 5.75 Å². The standard InChI is InChI=1S/C20H24N4O2S/c1-22-7-9-23(10-8-22)14-20(26)24-18(15-4-2-5-16(25)12-15)13-17(21-24)19-6-3-11-27-19/h2-6,11-12,18,25H,7-10,13-14H2,1H3/t18-/m0/s1. The average Bonchev–Trinajstić information content (AvgIpc) is 3.33. The van der Waals surface area contributed by atoms with Gasteiger partial charge in [-0.1, -0.05) is 18.2 Å². The molecule has 2 aliphatic heterocycles. The van der Waals surface area contributed by atoms with Crippen LogP contribution in [0.2, 0.25) is 0 Å². The largest absolute Gasteiger partial charge is 0.508 e. The van der Waals surface area contributed by atoms with Crippen molar-refractivity contribution in [2.75, 3.05) is 39.8 Å². The third-order valence-corrected chi connectivity index (χ3v) is 6.10. The molecule has 1 saturated heterocycles. The summed E-state index contributed by atoms with van der Waals surface area (Å²) in [7, 11) is 2.11. The summed E-state index contributed by atoms with van der Waals surface area (Å²) in [5.41, 5.74) is 1.85. The van der Waals surface area contributed by atoms with Crippen molar-refractivity contribution in [1.29, 1.82) is 0 Å². The van der Waals surface area contributed by atoms with Crippen molar-refractivity contribution >= 4 is 23.0 Å². The van der Waals surface area contributed by atoms with Gasteiger partial charge < -0.3 is 10.0 Å². The first-order valence-corrected chi connectivity index (χ1v) is 10.1. The number of hydrogen-bond acceptors (Lipinski definition) is 6. The number of carbonyl (C=O) groups is 1. The lowest BCUT2D eigenvalue weighted by molar-refractivity contribution is -0.134. The summed E-state index contributed by atoms with van der Waals surface area (Å²) in [6.45, 7) is 4.13. The Balaban J connectivity index is 1.56. The highest BCUT2D eigenvalue weighted by molar-refractivity contribution is 7.12. The van der Waals surface area contributed by atoms with Gasteiger partial charge in [-0.15, -0.1) is 11.3 Å². The predicted octanol–water partition coefficient (Wildman–Crippen LogP) is 2.38. The van der Waals surface area contributed by atoms with E-state index in [-0.39, 0.29) is 17.7 Å². The summed E-state index contributed by atoms with van der Waals surface area (Å²) in [5.74, 6) is 0.225. The smallest absolute Gasteiger partial charge is 0.257 e. The molecule has 1 N–H and O–H groups in total. The molecule has 0 unspecified atom stereocenters. The molecular weight excluding hydrogens is 360 g/mol. The van der Waals surface area contributed by atoms with Crippen LogP contribution in [0, 0.1) is 0 Å². The van der Waals surface area contributed by atoms with Crippen LogP contribution in [0.1, 0.15) is 22.9 Å². The lowest BCUT2D eigenvalue weighted by atomic mass is 10.0. The summed E-state index contributed by atoms with van der Waals surface area (Å²) in [6.07, 6.45) is 0.665. The molecule has 0 spiro atoms. The van der Waals surface area contributed by atoms with Crippen LogP contribution >= 0.6 is 11.3 Å². The lowest BCUT2D eigenvalue weighted by Gasteiger charge is -2.33. The number of rotatable bonds is 4. The molecule has 4 rings (SSSR count). The summed E-state index contributed by atoms with van der Waals surface area (Å²) in [5, 5.41) is 18.2. The van der Waals surface area contributed by atoms with E-state index in [1.165, 1.54) is 0 Å². The molecule has 3 heterocycles. The van der Waals surface area contributed by atoms with E-state index >= 15 is 0 Å². The topological polar surface area (TPSA) is 59.4 Å². The minimum absolute atomic E-state index is 0.0134. The number of piperazine rings is 1. The third kappa shape index (κ3) is 4.05. The molecule has 0 aliphatic carbocycles. The molecule has 1 fully saturated rings. The zero-order valence-electron chi connectivity index (χ0n) is 15.4. The summed E-state index contributed by atoms with van der Waals surface area (Å²) >= 11 is 1.64. The molecular formula is C20H24N4O2S. The van der Waals surface area contributed by atoms with Gasteiger partial charge in [-0.05, 0) is 36.2 Å². The Morgan fingerprint density at radius 2 is 2.04 bits per heavy atom. The Morgan fingerprint density at radius 3 is 2.74 bits per heavy atom. The zero-order chi connectivity index (χ0) is 18.8. The highest BCUT2D eigenvalue weighted by Crippen LogP contribution is 2.35. The highest BCUT2D eigenvalue weighted by Gasteiger charge is 2.34. The van der Waals surface area contributed by atoms with Crippen molar-refractivity contribution in [3.05, 3.63) is 52.2 Å². The number of nitrogens with zero attached hydrogens (tertiary/aromatic N) is 4. The second kappa shape index (κ2) is 7.80. The number of amides is 1. The van der Waals surface area contributed by atoms with Crippen molar-refractivity contribution in [3.8, 4) is 5.75 Å². The molecule has 2 aliphatic rings. The fraction of sp³-hybridized carbons (Fsp3) is 0.400. The molecule has 142 valence electrons. The number of carbonyl (C=O) groups excluding carboxylic acids is 1. The van der Waals surface area contributed by atoms with Gasteiger partial charge in [0, 0.05) is 32.6 Å². The monoisotopic (exact) mass is 384 g/mol. The van der Waals surface area contributed by atoms with E-state index in [1.807, 2.05) is 29.6 Å². The van der Waals surface area contributed by atoms with E-state index in [1.54, 1.807) is 28.5 Å². The van der Waals surface area contributed by atoms with E-state index in [9.17, 15) is 9.90 Å². The fourth-order valence-corrected chi connectivity index (χ4v) is 4.31. The van der Waals surface area contributed by atoms with Crippen LogP contribution in [0.5, 0.6) is 5.75 Å². The highest BCUT2D eigenvalue weighted by atomic mass is 32.1. The zero-order valence-corrected chi connectivity index (χ0v) is 16.2. The second-order valence-electron chi connectivity index (χ2n) is 7.16. The van der Waals surface area contributed by atoms with Crippen molar-refractivity contribution in [1.82, 2.24) is 14.8 Å².